The number of hydrogen-bond acceptors (Lipinski definition) is 2. The Bertz CT molecular complexity index is 922. The molecule has 4 rings (SSSR count). The van der Waals surface area contributed by atoms with Crippen LogP contribution in [-0.2, 0) is 0 Å². The van der Waals surface area contributed by atoms with Crippen molar-refractivity contribution in [1.82, 2.24) is 0 Å². The molecule has 0 radical (unpaired) electrons. The number of benzene rings is 4. The molecule has 0 aliphatic heterocycles. The monoisotopic (exact) mass is 375 g/mol. The van der Waals surface area contributed by atoms with E-state index < -0.39 is 0 Å². The van der Waals surface area contributed by atoms with Crippen molar-refractivity contribution in [2.45, 2.75) is 27.7 Å². The highest BCUT2D eigenvalue weighted by Crippen LogP contribution is 2.19. The third-order valence-electron chi connectivity index (χ3n) is 4.51. The maximum absolute atomic E-state index is 7.00. The zero-order valence-corrected chi connectivity index (χ0v) is 18.0. The lowest BCUT2D eigenvalue weighted by molar-refractivity contribution is 0.399. The summed E-state index contributed by atoms with van der Waals surface area (Å²) < 4.78 is 0. The third kappa shape index (κ3) is 6.19. The first-order valence-electron chi connectivity index (χ1n) is 9.49. The first kappa shape index (κ1) is 23.4. The molecule has 0 saturated carbocycles. The van der Waals surface area contributed by atoms with Gasteiger partial charge in [-0.15, -0.1) is 0 Å². The molecular formula is C26H33NO. The van der Waals surface area contributed by atoms with E-state index >= 15 is 0 Å². The number of fused-ring (bicyclic) bond motifs is 2. The molecule has 0 fully saturated rings. The topological polar surface area (TPSA) is 46.2 Å². The minimum atomic E-state index is 1.00. The standard InChI is InChI=1S/2C12H12.CH5N.CH4O/c2*1-9-6-7-11-5-3-4-10(2)12(11)8-9;2*1-2/h2*3-8H,1-2H3;2H2,1H3;2H,1H3. The summed E-state index contributed by atoms with van der Waals surface area (Å²) in [6.45, 7) is 8.57. The Morgan fingerprint density at radius 3 is 1.25 bits per heavy atom. The molecule has 4 aromatic rings. The molecule has 0 spiro atoms. The van der Waals surface area contributed by atoms with Gasteiger partial charge in [-0.1, -0.05) is 83.9 Å². The van der Waals surface area contributed by atoms with Gasteiger partial charge in [-0.25, -0.2) is 0 Å². The van der Waals surface area contributed by atoms with Crippen molar-refractivity contribution in [3.05, 3.63) is 95.1 Å². The summed E-state index contributed by atoms with van der Waals surface area (Å²) in [4.78, 5) is 0. The minimum Gasteiger partial charge on any atom is -0.400 e. The molecule has 2 nitrogen and oxygen atoms in total. The van der Waals surface area contributed by atoms with Crippen molar-refractivity contribution in [2.75, 3.05) is 14.2 Å². The number of rotatable bonds is 0. The summed E-state index contributed by atoms with van der Waals surface area (Å²) in [5, 5.41) is 12.4. The van der Waals surface area contributed by atoms with Gasteiger partial charge < -0.3 is 10.8 Å². The van der Waals surface area contributed by atoms with Crippen molar-refractivity contribution < 1.29 is 5.11 Å². The second kappa shape index (κ2) is 11.9. The molecule has 4 aromatic carbocycles. The fourth-order valence-corrected chi connectivity index (χ4v) is 3.09. The maximum Gasteiger partial charge on any atom is 0.0319 e. The predicted molar refractivity (Wildman–Crippen MR) is 125 cm³/mol. The van der Waals surface area contributed by atoms with E-state index in [1.54, 1.807) is 0 Å². The summed E-state index contributed by atoms with van der Waals surface area (Å²) in [6, 6.07) is 26.0. The molecule has 148 valence electrons. The van der Waals surface area contributed by atoms with Gasteiger partial charge >= 0.3 is 0 Å². The van der Waals surface area contributed by atoms with E-state index in [1.165, 1.54) is 50.8 Å². The van der Waals surface area contributed by atoms with Crippen molar-refractivity contribution in [3.63, 3.8) is 0 Å². The first-order valence-corrected chi connectivity index (χ1v) is 9.49. The maximum atomic E-state index is 7.00. The van der Waals surface area contributed by atoms with Crippen LogP contribution in [0.5, 0.6) is 0 Å². The Balaban J connectivity index is 0.000000238. The lowest BCUT2D eigenvalue weighted by Gasteiger charge is -2.01. The van der Waals surface area contributed by atoms with Gasteiger partial charge in [0.05, 0.1) is 0 Å². The second-order valence-corrected chi connectivity index (χ2v) is 6.60. The van der Waals surface area contributed by atoms with Crippen LogP contribution >= 0.6 is 0 Å². The van der Waals surface area contributed by atoms with Crippen molar-refractivity contribution >= 4 is 21.5 Å². The number of aliphatic hydroxyl groups excluding tert-OH is 1. The normalized spacial score (nSPS) is 9.43. The summed E-state index contributed by atoms with van der Waals surface area (Å²) >= 11 is 0. The quantitative estimate of drug-likeness (QED) is 0.390. The van der Waals surface area contributed by atoms with Crippen LogP contribution in [0.25, 0.3) is 21.5 Å². The zero-order chi connectivity index (χ0) is 21.1. The average molecular weight is 376 g/mol. The molecule has 0 heterocycles. The van der Waals surface area contributed by atoms with Crippen LogP contribution in [0.4, 0.5) is 0 Å². The van der Waals surface area contributed by atoms with E-state index in [4.69, 9.17) is 5.11 Å². The van der Waals surface area contributed by atoms with Gasteiger partial charge in [-0.2, -0.15) is 0 Å². The summed E-state index contributed by atoms with van der Waals surface area (Å²) in [5.41, 5.74) is 9.88. The average Bonchev–Trinajstić information content (AvgIpc) is 2.73. The smallest absolute Gasteiger partial charge is 0.0319 e. The lowest BCUT2D eigenvalue weighted by Crippen LogP contribution is -1.78. The van der Waals surface area contributed by atoms with Gasteiger partial charge in [-0.3, -0.25) is 0 Å². The van der Waals surface area contributed by atoms with E-state index in [0.29, 0.717) is 0 Å². The molecule has 0 saturated heterocycles. The van der Waals surface area contributed by atoms with Gasteiger partial charge in [0.25, 0.3) is 0 Å². The number of nitrogens with two attached hydrogens (primary N) is 1. The van der Waals surface area contributed by atoms with Crippen LogP contribution in [0.1, 0.15) is 22.3 Å². The van der Waals surface area contributed by atoms with Crippen LogP contribution < -0.4 is 5.73 Å². The Morgan fingerprint density at radius 2 is 0.893 bits per heavy atom. The number of hydrogen-bond donors (Lipinski definition) is 2. The van der Waals surface area contributed by atoms with Crippen LogP contribution in [0, 0.1) is 27.7 Å². The highest BCUT2D eigenvalue weighted by Gasteiger charge is 1.96. The lowest BCUT2D eigenvalue weighted by atomic mass is 10.0. The van der Waals surface area contributed by atoms with E-state index in [-0.39, 0.29) is 0 Å². The molecule has 0 aliphatic carbocycles. The summed E-state index contributed by atoms with van der Waals surface area (Å²) in [7, 11) is 2.50. The van der Waals surface area contributed by atoms with Crippen LogP contribution in [0.3, 0.4) is 0 Å². The molecule has 0 bridgehead atoms. The van der Waals surface area contributed by atoms with Gasteiger partial charge in [0.15, 0.2) is 0 Å². The highest BCUT2D eigenvalue weighted by atomic mass is 16.2. The van der Waals surface area contributed by atoms with Crippen molar-refractivity contribution in [3.8, 4) is 0 Å². The second-order valence-electron chi connectivity index (χ2n) is 6.60. The summed E-state index contributed by atoms with van der Waals surface area (Å²) in [6.07, 6.45) is 0. The molecular weight excluding hydrogens is 342 g/mol. The van der Waals surface area contributed by atoms with Gasteiger partial charge in [-0.05, 0) is 67.4 Å². The fraction of sp³-hybridized carbons (Fsp3) is 0.231. The summed E-state index contributed by atoms with van der Waals surface area (Å²) in [5.74, 6) is 0. The number of aliphatic hydroxyl groups is 1. The molecule has 3 N–H and O–H groups in total. The van der Waals surface area contributed by atoms with Crippen LogP contribution in [-0.4, -0.2) is 19.3 Å². The number of aryl methyl sites for hydroxylation is 4. The third-order valence-corrected chi connectivity index (χ3v) is 4.51. The first-order chi connectivity index (χ1) is 13.5. The minimum absolute atomic E-state index is 1.00. The van der Waals surface area contributed by atoms with E-state index in [9.17, 15) is 0 Å². The molecule has 0 atom stereocenters. The van der Waals surface area contributed by atoms with Gasteiger partial charge in [0.2, 0.25) is 0 Å². The van der Waals surface area contributed by atoms with Gasteiger partial charge in [0.1, 0.15) is 0 Å². The largest absolute Gasteiger partial charge is 0.400 e. The van der Waals surface area contributed by atoms with Crippen molar-refractivity contribution in [2.24, 2.45) is 5.73 Å². The van der Waals surface area contributed by atoms with Crippen LogP contribution in [0.15, 0.2) is 72.8 Å². The zero-order valence-electron chi connectivity index (χ0n) is 18.0. The Morgan fingerprint density at radius 1 is 0.536 bits per heavy atom. The molecule has 0 aliphatic rings. The molecule has 28 heavy (non-hydrogen) atoms. The van der Waals surface area contributed by atoms with E-state index in [1.807, 2.05) is 0 Å². The Kier molecular flexibility index (Phi) is 9.94. The Labute approximate surface area is 169 Å². The van der Waals surface area contributed by atoms with E-state index in [0.717, 1.165) is 7.11 Å². The molecule has 0 unspecified atom stereocenters. The molecule has 2 heteroatoms. The van der Waals surface area contributed by atoms with E-state index in [2.05, 4.69) is 106 Å². The highest BCUT2D eigenvalue weighted by molar-refractivity contribution is 5.86. The molecule has 0 amide bonds. The predicted octanol–water partition coefficient (Wildman–Crippen LogP) is 6.10. The van der Waals surface area contributed by atoms with Crippen molar-refractivity contribution in [1.29, 1.82) is 0 Å². The van der Waals surface area contributed by atoms with Gasteiger partial charge in [0, 0.05) is 7.11 Å². The fourth-order valence-electron chi connectivity index (χ4n) is 3.09. The Hall–Kier alpha value is -2.68. The molecule has 0 aromatic heterocycles. The SMILES string of the molecule is CN.CO.Cc1ccc2cccc(C)c2c1.Cc1ccc2cccc(C)c2c1. The van der Waals surface area contributed by atoms with Crippen LogP contribution in [0.2, 0.25) is 0 Å².